The zero-order valence-electron chi connectivity index (χ0n) is 10.6. The number of amides is 1. The number of anilines is 1. The minimum Gasteiger partial charge on any atom is -0.508 e. The molecule has 0 bridgehead atoms. The van der Waals surface area contributed by atoms with Gasteiger partial charge in [-0.05, 0) is 46.3 Å². The van der Waals surface area contributed by atoms with Gasteiger partial charge < -0.3 is 20.3 Å². The van der Waals surface area contributed by atoms with Crippen LogP contribution >= 0.6 is 15.9 Å². The molecule has 3 N–H and O–H groups in total. The Morgan fingerprint density at radius 3 is 2.35 bits per heavy atom. The quantitative estimate of drug-likeness (QED) is 0.803. The van der Waals surface area contributed by atoms with E-state index >= 15 is 0 Å². The van der Waals surface area contributed by atoms with E-state index in [0.717, 1.165) is 6.07 Å². The minimum absolute atomic E-state index is 0.162. The number of hydrogen-bond acceptors (Lipinski definition) is 4. The van der Waals surface area contributed by atoms with E-state index in [1.165, 1.54) is 12.1 Å². The molecule has 0 aliphatic carbocycles. The normalized spacial score (nSPS) is 10.1. The molecule has 2 rings (SSSR count). The summed E-state index contributed by atoms with van der Waals surface area (Å²) in [7, 11) is 1.55. The van der Waals surface area contributed by atoms with Crippen LogP contribution in [0.4, 0.5) is 5.69 Å². The van der Waals surface area contributed by atoms with Crippen LogP contribution in [0.3, 0.4) is 0 Å². The van der Waals surface area contributed by atoms with Gasteiger partial charge in [0.15, 0.2) is 0 Å². The number of phenolic OH excluding ortho intramolecular Hbond substituents is 2. The van der Waals surface area contributed by atoms with Crippen molar-refractivity contribution >= 4 is 27.5 Å². The lowest BCUT2D eigenvalue weighted by Crippen LogP contribution is -2.11. The van der Waals surface area contributed by atoms with E-state index < -0.39 is 5.91 Å². The average molecular weight is 338 g/mol. The molecule has 6 heteroatoms. The topological polar surface area (TPSA) is 78.8 Å². The Balaban J connectivity index is 2.21. The van der Waals surface area contributed by atoms with Gasteiger partial charge in [-0.1, -0.05) is 0 Å². The van der Waals surface area contributed by atoms with Crippen LogP contribution in [0.15, 0.2) is 40.9 Å². The first-order valence-corrected chi connectivity index (χ1v) is 6.47. The number of nitrogens with one attached hydrogen (secondary N) is 1. The zero-order chi connectivity index (χ0) is 14.7. The van der Waals surface area contributed by atoms with Crippen molar-refractivity contribution in [3.05, 3.63) is 46.4 Å². The number of carbonyl (C=O) groups excluding carboxylic acids is 1. The molecule has 0 aromatic heterocycles. The molecular weight excluding hydrogens is 326 g/mol. The molecule has 0 saturated heterocycles. The predicted octanol–water partition coefficient (Wildman–Crippen LogP) is 3.12. The van der Waals surface area contributed by atoms with Crippen LogP contribution < -0.4 is 10.1 Å². The lowest BCUT2D eigenvalue weighted by Gasteiger charge is -2.08. The number of aromatic hydroxyl groups is 2. The first-order chi connectivity index (χ1) is 9.49. The standard InChI is InChI=1S/C14H12BrNO4/c1-20-13-3-2-9(6-12(13)15)16-14(19)8-4-10(17)7-11(18)5-8/h2-7,17-18H,1H3,(H,16,19). The highest BCUT2D eigenvalue weighted by Crippen LogP contribution is 2.28. The van der Waals surface area contributed by atoms with Crippen LogP contribution in [0.1, 0.15) is 10.4 Å². The number of phenols is 2. The molecule has 0 fully saturated rings. The summed E-state index contributed by atoms with van der Waals surface area (Å²) in [5.74, 6) is -0.136. The highest BCUT2D eigenvalue weighted by molar-refractivity contribution is 9.10. The van der Waals surface area contributed by atoms with Crippen LogP contribution in [0.5, 0.6) is 17.2 Å². The molecule has 2 aromatic carbocycles. The molecule has 104 valence electrons. The Bertz CT molecular complexity index is 637. The van der Waals surface area contributed by atoms with Gasteiger partial charge in [0.2, 0.25) is 0 Å². The number of benzene rings is 2. The maximum atomic E-state index is 12.0. The number of methoxy groups -OCH3 is 1. The van der Waals surface area contributed by atoms with Gasteiger partial charge in [0.1, 0.15) is 17.2 Å². The summed E-state index contributed by atoms with van der Waals surface area (Å²) in [6.07, 6.45) is 0. The van der Waals surface area contributed by atoms with Crippen LogP contribution in [0, 0.1) is 0 Å². The second-order valence-corrected chi connectivity index (χ2v) is 4.90. The highest BCUT2D eigenvalue weighted by atomic mass is 79.9. The van der Waals surface area contributed by atoms with E-state index in [4.69, 9.17) is 4.74 Å². The smallest absolute Gasteiger partial charge is 0.255 e. The molecule has 0 radical (unpaired) electrons. The first-order valence-electron chi connectivity index (χ1n) is 5.67. The molecule has 0 aliphatic heterocycles. The van der Waals surface area contributed by atoms with Gasteiger partial charge in [-0.2, -0.15) is 0 Å². The molecule has 0 atom stereocenters. The Morgan fingerprint density at radius 1 is 1.15 bits per heavy atom. The SMILES string of the molecule is COc1ccc(NC(=O)c2cc(O)cc(O)c2)cc1Br. The fraction of sp³-hybridized carbons (Fsp3) is 0.0714. The Kier molecular flexibility index (Phi) is 4.14. The summed E-state index contributed by atoms with van der Waals surface area (Å²) in [6.45, 7) is 0. The van der Waals surface area contributed by atoms with Crippen molar-refractivity contribution in [1.82, 2.24) is 0 Å². The molecular formula is C14H12BrNO4. The van der Waals surface area contributed by atoms with Crippen molar-refractivity contribution in [2.24, 2.45) is 0 Å². The molecule has 0 spiro atoms. The molecule has 5 nitrogen and oxygen atoms in total. The third-order valence-corrected chi connectivity index (χ3v) is 3.19. The number of halogens is 1. The molecule has 0 unspecified atom stereocenters. The molecule has 1 amide bonds. The van der Waals surface area contributed by atoms with Gasteiger partial charge in [0, 0.05) is 17.3 Å². The number of hydrogen-bond donors (Lipinski definition) is 3. The Labute approximate surface area is 123 Å². The first kappa shape index (κ1) is 14.2. The molecule has 0 aliphatic rings. The van der Waals surface area contributed by atoms with Crippen LogP contribution in [0.25, 0.3) is 0 Å². The summed E-state index contributed by atoms with van der Waals surface area (Å²) in [4.78, 5) is 12.0. The molecule has 2 aromatic rings. The minimum atomic E-state index is -0.437. The van der Waals surface area contributed by atoms with Crippen molar-refractivity contribution in [1.29, 1.82) is 0 Å². The molecule has 0 heterocycles. The summed E-state index contributed by atoms with van der Waals surface area (Å²) >= 11 is 3.32. The lowest BCUT2D eigenvalue weighted by molar-refractivity contribution is 0.102. The Morgan fingerprint density at radius 2 is 1.80 bits per heavy atom. The summed E-state index contributed by atoms with van der Waals surface area (Å²) < 4.78 is 5.80. The predicted molar refractivity (Wildman–Crippen MR) is 78.4 cm³/mol. The van der Waals surface area contributed by atoms with Crippen LogP contribution in [-0.4, -0.2) is 23.2 Å². The van der Waals surface area contributed by atoms with Crippen molar-refractivity contribution in [3.63, 3.8) is 0 Å². The number of rotatable bonds is 3. The Hall–Kier alpha value is -2.21. The number of ether oxygens (including phenoxy) is 1. The van der Waals surface area contributed by atoms with Crippen LogP contribution in [0.2, 0.25) is 0 Å². The van der Waals surface area contributed by atoms with E-state index in [9.17, 15) is 15.0 Å². The van der Waals surface area contributed by atoms with Gasteiger partial charge in [-0.3, -0.25) is 4.79 Å². The molecule has 20 heavy (non-hydrogen) atoms. The maximum absolute atomic E-state index is 12.0. The second kappa shape index (κ2) is 5.83. The van der Waals surface area contributed by atoms with E-state index in [2.05, 4.69) is 21.2 Å². The van der Waals surface area contributed by atoms with Gasteiger partial charge in [0.25, 0.3) is 5.91 Å². The van der Waals surface area contributed by atoms with Gasteiger partial charge in [-0.25, -0.2) is 0 Å². The number of carbonyl (C=O) groups is 1. The zero-order valence-corrected chi connectivity index (χ0v) is 12.1. The summed E-state index contributed by atoms with van der Waals surface area (Å²) in [5.41, 5.74) is 0.722. The van der Waals surface area contributed by atoms with E-state index in [-0.39, 0.29) is 17.1 Å². The monoisotopic (exact) mass is 337 g/mol. The highest BCUT2D eigenvalue weighted by Gasteiger charge is 2.10. The fourth-order valence-corrected chi connectivity index (χ4v) is 2.21. The van der Waals surface area contributed by atoms with E-state index in [0.29, 0.717) is 15.9 Å². The van der Waals surface area contributed by atoms with Crippen LogP contribution in [-0.2, 0) is 0 Å². The van der Waals surface area contributed by atoms with E-state index in [1.807, 2.05) is 0 Å². The average Bonchev–Trinajstić information content (AvgIpc) is 2.37. The van der Waals surface area contributed by atoms with Gasteiger partial charge >= 0.3 is 0 Å². The third kappa shape index (κ3) is 3.21. The van der Waals surface area contributed by atoms with Crippen molar-refractivity contribution in [2.75, 3.05) is 12.4 Å². The van der Waals surface area contributed by atoms with E-state index in [1.54, 1.807) is 25.3 Å². The van der Waals surface area contributed by atoms with Crippen molar-refractivity contribution in [2.45, 2.75) is 0 Å². The molecule has 0 saturated carbocycles. The fourth-order valence-electron chi connectivity index (χ4n) is 1.67. The summed E-state index contributed by atoms with van der Waals surface area (Å²) in [6, 6.07) is 8.78. The third-order valence-electron chi connectivity index (χ3n) is 2.57. The lowest BCUT2D eigenvalue weighted by atomic mass is 10.2. The largest absolute Gasteiger partial charge is 0.508 e. The van der Waals surface area contributed by atoms with Crippen molar-refractivity contribution < 1.29 is 19.7 Å². The maximum Gasteiger partial charge on any atom is 0.255 e. The summed E-state index contributed by atoms with van der Waals surface area (Å²) in [5, 5.41) is 21.4. The van der Waals surface area contributed by atoms with Gasteiger partial charge in [0.05, 0.1) is 11.6 Å². The second-order valence-electron chi connectivity index (χ2n) is 4.04. The van der Waals surface area contributed by atoms with Gasteiger partial charge in [-0.15, -0.1) is 0 Å². The van der Waals surface area contributed by atoms with Crippen molar-refractivity contribution in [3.8, 4) is 17.2 Å².